The standard InChI is InChI=1S/C28H24F3NO7/c1-11-23(35)21(13(3)33)25-22(24(11)36)27(4)18(39-25)10-16(34)20(26(27)37)12(2)32-15-9-19(28(29,30)31)38-17-8-6-5-7-14(15)17/h5-8,10,15,19,32,35-36H,9H2,1-4H3/t15?,19?,27-/m0/s1. The molecule has 2 unspecified atom stereocenters. The SMILES string of the molecule is CC(=O)c1c(O)c(C)c(O)c2c1OC1=CC(=O)C(=C(C)NC3CC(C(F)(F)F)Oc4ccccc43)C(=O)[C@@]12C. The monoisotopic (exact) mass is 543 g/mol. The quantitative estimate of drug-likeness (QED) is 0.292. The zero-order chi connectivity index (χ0) is 28.6. The van der Waals surface area contributed by atoms with E-state index in [0.29, 0.717) is 5.56 Å². The molecule has 39 heavy (non-hydrogen) atoms. The lowest BCUT2D eigenvalue weighted by atomic mass is 9.70. The van der Waals surface area contributed by atoms with Crippen LogP contribution in [0.1, 0.15) is 60.3 Å². The second-order valence-electron chi connectivity index (χ2n) is 10.0. The van der Waals surface area contributed by atoms with Gasteiger partial charge in [-0.2, -0.15) is 13.2 Å². The van der Waals surface area contributed by atoms with Crippen LogP contribution in [-0.2, 0) is 15.0 Å². The van der Waals surface area contributed by atoms with Crippen molar-refractivity contribution < 1.29 is 47.2 Å². The number of carbonyl (C=O) groups excluding carboxylic acids is 3. The Labute approximate surface area is 220 Å². The second kappa shape index (κ2) is 8.62. The number of carbonyl (C=O) groups is 3. The molecule has 0 fully saturated rings. The smallest absolute Gasteiger partial charge is 0.425 e. The van der Waals surface area contributed by atoms with Gasteiger partial charge in [0.2, 0.25) is 0 Å². The molecule has 8 nitrogen and oxygen atoms in total. The van der Waals surface area contributed by atoms with Gasteiger partial charge in [-0.1, -0.05) is 18.2 Å². The molecule has 3 aliphatic rings. The highest BCUT2D eigenvalue weighted by molar-refractivity contribution is 6.31. The average molecular weight is 543 g/mol. The van der Waals surface area contributed by atoms with Gasteiger partial charge in [-0.25, -0.2) is 0 Å². The van der Waals surface area contributed by atoms with Gasteiger partial charge in [0.05, 0.1) is 17.2 Å². The summed E-state index contributed by atoms with van der Waals surface area (Å²) in [5.74, 6) is -3.44. The molecule has 2 aliphatic heterocycles. The van der Waals surface area contributed by atoms with E-state index in [0.717, 1.165) is 6.08 Å². The molecule has 204 valence electrons. The van der Waals surface area contributed by atoms with Gasteiger partial charge in [0.15, 0.2) is 23.5 Å². The zero-order valence-corrected chi connectivity index (χ0v) is 21.3. The Morgan fingerprint density at radius 1 is 1.13 bits per heavy atom. The fourth-order valence-corrected chi connectivity index (χ4v) is 5.45. The van der Waals surface area contributed by atoms with Crippen LogP contribution in [0.2, 0.25) is 0 Å². The Hall–Kier alpha value is -4.28. The predicted molar refractivity (Wildman–Crippen MR) is 131 cm³/mol. The van der Waals surface area contributed by atoms with Gasteiger partial charge in [0.1, 0.15) is 39.7 Å². The number of para-hydroxylation sites is 1. The largest absolute Gasteiger partial charge is 0.507 e. The summed E-state index contributed by atoms with van der Waals surface area (Å²) >= 11 is 0. The Bertz CT molecular complexity index is 1540. The minimum atomic E-state index is -4.64. The first-order chi connectivity index (χ1) is 18.2. The minimum Gasteiger partial charge on any atom is -0.507 e. The Balaban J connectivity index is 1.61. The molecule has 5 rings (SSSR count). The predicted octanol–water partition coefficient (Wildman–Crippen LogP) is 4.61. The summed E-state index contributed by atoms with van der Waals surface area (Å²) < 4.78 is 51.7. The van der Waals surface area contributed by atoms with Crippen LogP contribution >= 0.6 is 0 Å². The highest BCUT2D eigenvalue weighted by Gasteiger charge is 2.56. The molecule has 0 spiro atoms. The van der Waals surface area contributed by atoms with Gasteiger partial charge in [-0.3, -0.25) is 14.4 Å². The third kappa shape index (κ3) is 3.78. The first-order valence-electron chi connectivity index (χ1n) is 12.1. The molecule has 1 aliphatic carbocycles. The van der Waals surface area contributed by atoms with Crippen LogP contribution in [0.15, 0.2) is 47.4 Å². The van der Waals surface area contributed by atoms with E-state index < -0.39 is 59.0 Å². The maximum Gasteiger partial charge on any atom is 0.425 e. The van der Waals surface area contributed by atoms with E-state index in [1.165, 1.54) is 33.8 Å². The van der Waals surface area contributed by atoms with Crippen molar-refractivity contribution in [2.45, 2.75) is 57.9 Å². The lowest BCUT2D eigenvalue weighted by Gasteiger charge is -2.35. The van der Waals surface area contributed by atoms with E-state index in [-0.39, 0.29) is 45.2 Å². The first-order valence-corrected chi connectivity index (χ1v) is 12.1. The number of phenols is 2. The van der Waals surface area contributed by atoms with Crippen molar-refractivity contribution in [1.29, 1.82) is 0 Å². The normalized spacial score (nSPS) is 25.1. The molecule has 0 saturated carbocycles. The number of hydrogen-bond acceptors (Lipinski definition) is 8. The summed E-state index contributed by atoms with van der Waals surface area (Å²) in [6.45, 7) is 5.37. The Morgan fingerprint density at radius 3 is 2.44 bits per heavy atom. The van der Waals surface area contributed by atoms with Crippen LogP contribution < -0.4 is 14.8 Å². The molecule has 0 aromatic heterocycles. The lowest BCUT2D eigenvalue weighted by Crippen LogP contribution is -2.43. The molecular weight excluding hydrogens is 519 g/mol. The Kier molecular flexibility index (Phi) is 5.82. The summed E-state index contributed by atoms with van der Waals surface area (Å²) in [6, 6.07) is 5.26. The fourth-order valence-electron chi connectivity index (χ4n) is 5.45. The molecule has 11 heteroatoms. The molecule has 2 aromatic rings. The maximum absolute atomic E-state index is 14.0. The van der Waals surface area contributed by atoms with Crippen LogP contribution in [0.3, 0.4) is 0 Å². The van der Waals surface area contributed by atoms with Crippen LogP contribution in [0.5, 0.6) is 23.0 Å². The number of fused-ring (bicyclic) bond motifs is 4. The molecule has 3 atom stereocenters. The van der Waals surface area contributed by atoms with Crippen LogP contribution in [-0.4, -0.2) is 39.8 Å². The van der Waals surface area contributed by atoms with Crippen molar-refractivity contribution >= 4 is 17.3 Å². The summed E-state index contributed by atoms with van der Waals surface area (Å²) in [5, 5.41) is 24.3. The van der Waals surface area contributed by atoms with Crippen molar-refractivity contribution in [3.63, 3.8) is 0 Å². The number of ether oxygens (including phenoxy) is 2. The number of aromatic hydroxyl groups is 2. The van der Waals surface area contributed by atoms with E-state index in [1.54, 1.807) is 18.2 Å². The van der Waals surface area contributed by atoms with E-state index in [1.807, 2.05) is 0 Å². The molecule has 0 amide bonds. The molecule has 0 saturated heterocycles. The summed E-state index contributed by atoms with van der Waals surface area (Å²) in [5.41, 5.74) is -1.98. The summed E-state index contributed by atoms with van der Waals surface area (Å²) in [7, 11) is 0. The van der Waals surface area contributed by atoms with E-state index in [9.17, 15) is 37.8 Å². The van der Waals surface area contributed by atoms with Crippen molar-refractivity contribution in [2.24, 2.45) is 0 Å². The molecule has 2 aromatic carbocycles. The number of alkyl halides is 3. The number of Topliss-reactive ketones (excluding diaryl/α,β-unsaturated/α-hetero) is 2. The maximum atomic E-state index is 14.0. The highest BCUT2D eigenvalue weighted by atomic mass is 19.4. The number of nitrogens with one attached hydrogen (secondary N) is 1. The molecule has 2 heterocycles. The van der Waals surface area contributed by atoms with Gasteiger partial charge in [0.25, 0.3) is 0 Å². The zero-order valence-electron chi connectivity index (χ0n) is 21.3. The van der Waals surface area contributed by atoms with Crippen molar-refractivity contribution in [3.8, 4) is 23.0 Å². The van der Waals surface area contributed by atoms with Crippen LogP contribution in [0.4, 0.5) is 13.2 Å². The number of benzene rings is 2. The molecular formula is C28H24F3NO7. The highest BCUT2D eigenvalue weighted by Crippen LogP contribution is 2.57. The number of halogens is 3. The summed E-state index contributed by atoms with van der Waals surface area (Å²) in [4.78, 5) is 39.5. The van der Waals surface area contributed by atoms with Gasteiger partial charge >= 0.3 is 6.18 Å². The first kappa shape index (κ1) is 26.3. The summed E-state index contributed by atoms with van der Waals surface area (Å²) in [6.07, 6.45) is -6.19. The second-order valence-corrected chi connectivity index (χ2v) is 10.0. The number of rotatable bonds is 3. The average Bonchev–Trinajstić information content (AvgIpc) is 3.14. The third-order valence-electron chi connectivity index (χ3n) is 7.53. The van der Waals surface area contributed by atoms with Crippen molar-refractivity contribution in [1.82, 2.24) is 5.32 Å². The molecule has 0 radical (unpaired) electrons. The van der Waals surface area contributed by atoms with Crippen molar-refractivity contribution in [3.05, 3.63) is 69.6 Å². The van der Waals surface area contributed by atoms with E-state index >= 15 is 0 Å². The number of ketones is 3. The fraction of sp³-hybridized carbons (Fsp3) is 0.321. The topological polar surface area (TPSA) is 122 Å². The van der Waals surface area contributed by atoms with Gasteiger partial charge < -0.3 is 25.0 Å². The van der Waals surface area contributed by atoms with Crippen molar-refractivity contribution in [2.75, 3.05) is 0 Å². The number of hydrogen-bond donors (Lipinski definition) is 3. The van der Waals surface area contributed by atoms with E-state index in [4.69, 9.17) is 9.47 Å². The third-order valence-corrected chi connectivity index (χ3v) is 7.53. The lowest BCUT2D eigenvalue weighted by molar-refractivity contribution is -0.201. The number of allylic oxidation sites excluding steroid dienone is 4. The van der Waals surface area contributed by atoms with Gasteiger partial charge in [-0.15, -0.1) is 0 Å². The number of phenolic OH excluding ortho intramolecular Hbond substituents is 2. The molecule has 3 N–H and O–H groups in total. The minimum absolute atomic E-state index is 0.0272. The van der Waals surface area contributed by atoms with Gasteiger partial charge in [-0.05, 0) is 33.8 Å². The van der Waals surface area contributed by atoms with Crippen LogP contribution in [0.25, 0.3) is 0 Å². The van der Waals surface area contributed by atoms with E-state index in [2.05, 4.69) is 5.32 Å². The van der Waals surface area contributed by atoms with Gasteiger partial charge in [0, 0.05) is 29.3 Å². The Morgan fingerprint density at radius 2 is 1.79 bits per heavy atom. The molecule has 0 bridgehead atoms. The van der Waals surface area contributed by atoms with Crippen LogP contribution in [0, 0.1) is 6.92 Å².